The molecule has 1 fully saturated rings. The second-order valence-corrected chi connectivity index (χ2v) is 6.75. The maximum absolute atomic E-state index is 12.8. The first-order chi connectivity index (χ1) is 9.92. The number of hydrogen-bond acceptors (Lipinski definition) is 4. The molecule has 0 bridgehead atoms. The molecule has 3 atom stereocenters. The largest absolute Gasteiger partial charge is 0.340 e. The summed E-state index contributed by atoms with van der Waals surface area (Å²) in [6, 6.07) is -0.375. The number of hydrogen-bond donors (Lipinski definition) is 1. The third-order valence-electron chi connectivity index (χ3n) is 4.25. The highest BCUT2D eigenvalue weighted by atomic mass is 32.1. The highest BCUT2D eigenvalue weighted by Gasteiger charge is 2.46. The number of carbonyl (C=O) groups excluding carboxylic acids is 2. The molecule has 1 aliphatic rings. The summed E-state index contributed by atoms with van der Waals surface area (Å²) in [6.45, 7) is 8.25. The van der Waals surface area contributed by atoms with Crippen LogP contribution in [-0.4, -0.2) is 39.8 Å². The number of piperazine rings is 1. The van der Waals surface area contributed by atoms with Crippen molar-refractivity contribution in [1.29, 1.82) is 0 Å². The van der Waals surface area contributed by atoms with Crippen molar-refractivity contribution in [2.45, 2.75) is 58.0 Å². The molecule has 1 saturated heterocycles. The van der Waals surface area contributed by atoms with Gasteiger partial charge in [0.05, 0.1) is 5.01 Å². The Kier molecular flexibility index (Phi) is 4.66. The molecule has 0 saturated carbocycles. The van der Waals surface area contributed by atoms with Crippen LogP contribution in [0.25, 0.3) is 0 Å². The van der Waals surface area contributed by atoms with Crippen LogP contribution >= 0.6 is 11.3 Å². The molecular weight excluding hydrogens is 286 g/mol. The summed E-state index contributed by atoms with van der Waals surface area (Å²) in [5, 5.41) is 5.82. The number of amides is 2. The lowest BCUT2D eigenvalue weighted by atomic mass is 9.90. The third kappa shape index (κ3) is 2.95. The van der Waals surface area contributed by atoms with Crippen LogP contribution in [0.15, 0.2) is 11.6 Å². The molecule has 1 N–H and O–H groups in total. The van der Waals surface area contributed by atoms with Crippen molar-refractivity contribution in [1.82, 2.24) is 15.2 Å². The molecule has 0 aliphatic carbocycles. The zero-order valence-corrected chi connectivity index (χ0v) is 13.9. The van der Waals surface area contributed by atoms with E-state index in [1.807, 2.05) is 19.2 Å². The molecule has 1 aromatic rings. The minimum absolute atomic E-state index is 0.0138. The Labute approximate surface area is 129 Å². The maximum atomic E-state index is 12.8. The van der Waals surface area contributed by atoms with E-state index in [1.165, 1.54) is 0 Å². The fourth-order valence-electron chi connectivity index (χ4n) is 2.72. The molecule has 3 unspecified atom stereocenters. The molecule has 2 amide bonds. The van der Waals surface area contributed by atoms with Crippen LogP contribution in [-0.2, 0) is 9.59 Å². The highest BCUT2D eigenvalue weighted by Crippen LogP contribution is 2.27. The van der Waals surface area contributed by atoms with Crippen molar-refractivity contribution in [2.75, 3.05) is 6.54 Å². The van der Waals surface area contributed by atoms with Crippen LogP contribution < -0.4 is 5.32 Å². The van der Waals surface area contributed by atoms with Crippen molar-refractivity contribution in [2.24, 2.45) is 0 Å². The van der Waals surface area contributed by atoms with E-state index in [1.54, 1.807) is 29.4 Å². The first-order valence-electron chi connectivity index (χ1n) is 7.45. The Morgan fingerprint density at radius 1 is 1.48 bits per heavy atom. The number of nitrogens with zero attached hydrogens (tertiary/aromatic N) is 2. The molecule has 1 aromatic heterocycles. The number of aromatic nitrogens is 1. The molecule has 0 radical (unpaired) electrons. The smallest absolute Gasteiger partial charge is 0.248 e. The first-order valence-corrected chi connectivity index (χ1v) is 8.33. The van der Waals surface area contributed by atoms with E-state index in [0.717, 1.165) is 5.01 Å². The van der Waals surface area contributed by atoms with E-state index in [-0.39, 0.29) is 23.8 Å². The number of thiazole rings is 1. The molecule has 0 spiro atoms. The normalized spacial score (nSPS) is 27.6. The highest BCUT2D eigenvalue weighted by molar-refractivity contribution is 7.09. The van der Waals surface area contributed by atoms with Gasteiger partial charge in [-0.15, -0.1) is 11.3 Å². The van der Waals surface area contributed by atoms with Crippen LogP contribution in [0.5, 0.6) is 0 Å². The van der Waals surface area contributed by atoms with Crippen LogP contribution in [0.2, 0.25) is 0 Å². The van der Waals surface area contributed by atoms with Gasteiger partial charge in [-0.1, -0.05) is 20.8 Å². The van der Waals surface area contributed by atoms with Crippen molar-refractivity contribution < 1.29 is 9.59 Å². The monoisotopic (exact) mass is 309 g/mol. The molecule has 2 heterocycles. The predicted molar refractivity (Wildman–Crippen MR) is 83.2 cm³/mol. The standard InChI is InChI=1S/C15H23N3O2S/c1-5-11-12(19)17-15(4,6-2)14(20)18(11)9-10(3)13-16-7-8-21-13/h7-8,10-11H,5-6,9H2,1-4H3,(H,17,19). The summed E-state index contributed by atoms with van der Waals surface area (Å²) in [4.78, 5) is 31.2. The molecular formula is C15H23N3O2S. The van der Waals surface area contributed by atoms with E-state index in [4.69, 9.17) is 0 Å². The minimum atomic E-state index is -0.786. The van der Waals surface area contributed by atoms with Gasteiger partial charge in [0, 0.05) is 24.0 Å². The Morgan fingerprint density at radius 3 is 2.71 bits per heavy atom. The van der Waals surface area contributed by atoms with Gasteiger partial charge in [0.1, 0.15) is 11.6 Å². The maximum Gasteiger partial charge on any atom is 0.248 e. The average Bonchev–Trinajstić information content (AvgIpc) is 2.99. The summed E-state index contributed by atoms with van der Waals surface area (Å²) in [5.41, 5.74) is -0.786. The SMILES string of the molecule is CCC1C(=O)NC(C)(CC)C(=O)N1CC(C)c1nccs1. The molecule has 116 valence electrons. The van der Waals surface area contributed by atoms with Crippen molar-refractivity contribution in [3.63, 3.8) is 0 Å². The Bertz CT molecular complexity index is 517. The van der Waals surface area contributed by atoms with Gasteiger partial charge in [-0.2, -0.15) is 0 Å². The van der Waals surface area contributed by atoms with Crippen LogP contribution in [0.3, 0.4) is 0 Å². The van der Waals surface area contributed by atoms with Crippen molar-refractivity contribution >= 4 is 23.2 Å². The van der Waals surface area contributed by atoms with Crippen LogP contribution in [0.1, 0.15) is 51.5 Å². The van der Waals surface area contributed by atoms with Gasteiger partial charge in [0.15, 0.2) is 0 Å². The van der Waals surface area contributed by atoms with Gasteiger partial charge in [-0.25, -0.2) is 4.98 Å². The average molecular weight is 309 g/mol. The molecule has 21 heavy (non-hydrogen) atoms. The molecule has 6 heteroatoms. The second kappa shape index (κ2) is 6.13. The van der Waals surface area contributed by atoms with E-state index in [2.05, 4.69) is 17.2 Å². The van der Waals surface area contributed by atoms with Crippen molar-refractivity contribution in [3.8, 4) is 0 Å². The zero-order chi connectivity index (χ0) is 15.6. The fraction of sp³-hybridized carbons (Fsp3) is 0.667. The van der Waals surface area contributed by atoms with Crippen LogP contribution in [0.4, 0.5) is 0 Å². The molecule has 5 nitrogen and oxygen atoms in total. The van der Waals surface area contributed by atoms with E-state index < -0.39 is 5.54 Å². The van der Waals surface area contributed by atoms with Gasteiger partial charge in [0.25, 0.3) is 0 Å². The fourth-order valence-corrected chi connectivity index (χ4v) is 3.40. The first kappa shape index (κ1) is 15.9. The molecule has 2 rings (SSSR count). The van der Waals surface area contributed by atoms with Crippen LogP contribution in [0, 0.1) is 0 Å². The van der Waals surface area contributed by atoms with Gasteiger partial charge in [0.2, 0.25) is 11.8 Å². The number of rotatable bonds is 5. The van der Waals surface area contributed by atoms with E-state index in [9.17, 15) is 9.59 Å². The second-order valence-electron chi connectivity index (χ2n) is 5.83. The van der Waals surface area contributed by atoms with E-state index in [0.29, 0.717) is 19.4 Å². The quantitative estimate of drug-likeness (QED) is 0.906. The molecule has 1 aliphatic heterocycles. The van der Waals surface area contributed by atoms with Gasteiger partial charge >= 0.3 is 0 Å². The summed E-state index contributed by atoms with van der Waals surface area (Å²) in [7, 11) is 0. The predicted octanol–water partition coefficient (Wildman–Crippen LogP) is 2.15. The van der Waals surface area contributed by atoms with Gasteiger partial charge in [-0.3, -0.25) is 9.59 Å². The summed E-state index contributed by atoms with van der Waals surface area (Å²) in [5.74, 6) is 0.0997. The van der Waals surface area contributed by atoms with Crippen molar-refractivity contribution in [3.05, 3.63) is 16.6 Å². The lowest BCUT2D eigenvalue weighted by molar-refractivity contribution is -0.154. The topological polar surface area (TPSA) is 62.3 Å². The van der Waals surface area contributed by atoms with Gasteiger partial charge < -0.3 is 10.2 Å². The lowest BCUT2D eigenvalue weighted by Gasteiger charge is -2.44. The molecule has 0 aromatic carbocycles. The Balaban J connectivity index is 2.24. The summed E-state index contributed by atoms with van der Waals surface area (Å²) >= 11 is 1.59. The summed E-state index contributed by atoms with van der Waals surface area (Å²) in [6.07, 6.45) is 2.99. The third-order valence-corrected chi connectivity index (χ3v) is 5.26. The Morgan fingerprint density at radius 2 is 2.19 bits per heavy atom. The number of nitrogens with one attached hydrogen (secondary N) is 1. The van der Waals surface area contributed by atoms with Gasteiger partial charge in [-0.05, 0) is 19.8 Å². The summed E-state index contributed by atoms with van der Waals surface area (Å²) < 4.78 is 0. The lowest BCUT2D eigenvalue weighted by Crippen LogP contribution is -2.69. The minimum Gasteiger partial charge on any atom is -0.340 e. The van der Waals surface area contributed by atoms with E-state index >= 15 is 0 Å². The Hall–Kier alpha value is -1.43. The zero-order valence-electron chi connectivity index (χ0n) is 13.0. The number of carbonyl (C=O) groups is 2.